The van der Waals surface area contributed by atoms with E-state index in [2.05, 4.69) is 36.3 Å². The van der Waals surface area contributed by atoms with Gasteiger partial charge >= 0.3 is 6.03 Å². The van der Waals surface area contributed by atoms with Gasteiger partial charge in [0, 0.05) is 24.7 Å². The fourth-order valence-corrected chi connectivity index (χ4v) is 4.70. The first-order chi connectivity index (χ1) is 13.0. The predicted octanol–water partition coefficient (Wildman–Crippen LogP) is 3.91. The van der Waals surface area contributed by atoms with E-state index >= 15 is 0 Å². The molecule has 1 unspecified atom stereocenters. The predicted molar refractivity (Wildman–Crippen MR) is 107 cm³/mol. The van der Waals surface area contributed by atoms with Gasteiger partial charge in [-0.05, 0) is 42.7 Å². The summed E-state index contributed by atoms with van der Waals surface area (Å²) in [5.74, 6) is 0.865. The van der Waals surface area contributed by atoms with Crippen molar-refractivity contribution in [3.8, 4) is 5.75 Å². The summed E-state index contributed by atoms with van der Waals surface area (Å²) in [6, 6.07) is 16.3. The largest absolute Gasteiger partial charge is 0.497 e. The molecule has 2 aliphatic rings. The normalized spacial score (nSPS) is 24.4. The Bertz CT molecular complexity index is 854. The maximum atomic E-state index is 13.1. The Morgan fingerprint density at radius 1 is 1.26 bits per heavy atom. The van der Waals surface area contributed by atoms with E-state index < -0.39 is 0 Å². The van der Waals surface area contributed by atoms with Crippen molar-refractivity contribution in [3.63, 3.8) is 0 Å². The van der Waals surface area contributed by atoms with Gasteiger partial charge in [0.1, 0.15) is 11.9 Å². The van der Waals surface area contributed by atoms with Gasteiger partial charge in [-0.15, -0.1) is 0 Å². The molecular formula is C22H27N3O2. The van der Waals surface area contributed by atoms with Crippen LogP contribution >= 0.6 is 0 Å². The summed E-state index contributed by atoms with van der Waals surface area (Å²) in [6.45, 7) is 5.03. The zero-order valence-corrected chi connectivity index (χ0v) is 16.4. The minimum Gasteiger partial charge on any atom is -0.497 e. The summed E-state index contributed by atoms with van der Waals surface area (Å²) in [5, 5.41) is 3.17. The second-order valence-corrected chi connectivity index (χ2v) is 7.81. The number of carbonyl (C=O) groups is 1. The number of hydrogen-bond donors (Lipinski definition) is 1. The Hall–Kier alpha value is -2.69. The van der Waals surface area contributed by atoms with Crippen LogP contribution in [0.1, 0.15) is 37.4 Å². The molecule has 1 saturated heterocycles. The molecule has 142 valence electrons. The molecule has 2 heterocycles. The van der Waals surface area contributed by atoms with E-state index in [9.17, 15) is 4.79 Å². The van der Waals surface area contributed by atoms with E-state index in [1.54, 1.807) is 7.11 Å². The topological polar surface area (TPSA) is 44.8 Å². The van der Waals surface area contributed by atoms with E-state index in [4.69, 9.17) is 4.74 Å². The van der Waals surface area contributed by atoms with Crippen LogP contribution in [-0.4, -0.2) is 37.8 Å². The monoisotopic (exact) mass is 365 g/mol. The standard InChI is InChI=1S/C22H27N3O2/c1-15(16-8-6-5-7-9-16)23-21(26)25-13-12-22(2)18-14-17(27-4)10-11-19(18)24(3)20(22)25/h5-11,14-15,20H,12-13H2,1-4H3,(H,23,26)/t15-,20?,22+/m0/s1. The number of urea groups is 1. The SMILES string of the molecule is COc1ccc2c(c1)[C@@]1(C)CCN(C(=O)N[C@@H](C)c3ccccc3)C1N2C. The molecule has 2 amide bonds. The zero-order valence-electron chi connectivity index (χ0n) is 16.4. The Labute approximate surface area is 160 Å². The number of fused-ring (bicyclic) bond motifs is 3. The van der Waals surface area contributed by atoms with Crippen molar-refractivity contribution in [1.29, 1.82) is 0 Å². The lowest BCUT2D eigenvalue weighted by molar-refractivity contribution is 0.182. The molecule has 5 nitrogen and oxygen atoms in total. The number of nitrogens with one attached hydrogen (secondary N) is 1. The van der Waals surface area contributed by atoms with Gasteiger partial charge in [0.05, 0.1) is 13.2 Å². The van der Waals surface area contributed by atoms with Crippen molar-refractivity contribution in [2.24, 2.45) is 0 Å². The molecule has 0 radical (unpaired) electrons. The highest BCUT2D eigenvalue weighted by Crippen LogP contribution is 2.52. The first kappa shape index (κ1) is 17.7. The minimum atomic E-state index is -0.0913. The zero-order chi connectivity index (χ0) is 19.2. The van der Waals surface area contributed by atoms with Crippen molar-refractivity contribution < 1.29 is 9.53 Å². The van der Waals surface area contributed by atoms with E-state index in [1.807, 2.05) is 48.2 Å². The molecule has 1 fully saturated rings. The maximum absolute atomic E-state index is 13.1. The van der Waals surface area contributed by atoms with Crippen LogP contribution in [0.2, 0.25) is 0 Å². The van der Waals surface area contributed by atoms with Crippen LogP contribution in [0.5, 0.6) is 5.75 Å². The second kappa shape index (κ2) is 6.48. The molecule has 27 heavy (non-hydrogen) atoms. The highest BCUT2D eigenvalue weighted by atomic mass is 16.5. The van der Waals surface area contributed by atoms with Crippen molar-refractivity contribution in [2.75, 3.05) is 25.6 Å². The van der Waals surface area contributed by atoms with Gasteiger partial charge in [0.15, 0.2) is 0 Å². The number of amides is 2. The van der Waals surface area contributed by atoms with Crippen LogP contribution in [0, 0.1) is 0 Å². The van der Waals surface area contributed by atoms with Crippen LogP contribution in [0.15, 0.2) is 48.5 Å². The third-order valence-corrected chi connectivity index (χ3v) is 6.20. The molecule has 3 atom stereocenters. The molecule has 2 aromatic carbocycles. The number of carbonyl (C=O) groups excluding carboxylic acids is 1. The van der Waals surface area contributed by atoms with E-state index in [0.717, 1.165) is 24.3 Å². The van der Waals surface area contributed by atoms with E-state index in [-0.39, 0.29) is 23.7 Å². The highest BCUT2D eigenvalue weighted by molar-refractivity contribution is 5.78. The third-order valence-electron chi connectivity index (χ3n) is 6.20. The lowest BCUT2D eigenvalue weighted by atomic mass is 9.81. The quantitative estimate of drug-likeness (QED) is 0.897. The van der Waals surface area contributed by atoms with Crippen LogP contribution in [-0.2, 0) is 5.41 Å². The van der Waals surface area contributed by atoms with Crippen LogP contribution in [0.25, 0.3) is 0 Å². The van der Waals surface area contributed by atoms with Gasteiger partial charge in [0.25, 0.3) is 0 Å². The molecule has 0 aromatic heterocycles. The number of methoxy groups -OCH3 is 1. The van der Waals surface area contributed by atoms with Crippen molar-refractivity contribution >= 4 is 11.7 Å². The lowest BCUT2D eigenvalue weighted by Gasteiger charge is -2.35. The Kier molecular flexibility index (Phi) is 4.25. The van der Waals surface area contributed by atoms with Crippen LogP contribution < -0.4 is 15.0 Å². The number of anilines is 1. The van der Waals surface area contributed by atoms with Crippen molar-refractivity contribution in [2.45, 2.75) is 37.9 Å². The molecule has 0 spiro atoms. The fraction of sp³-hybridized carbons (Fsp3) is 0.409. The molecule has 0 aliphatic carbocycles. The maximum Gasteiger partial charge on any atom is 0.319 e. The number of likely N-dealkylation sites (tertiary alicyclic amines) is 1. The highest BCUT2D eigenvalue weighted by Gasteiger charge is 2.55. The van der Waals surface area contributed by atoms with E-state index in [1.165, 1.54) is 11.3 Å². The summed E-state index contributed by atoms with van der Waals surface area (Å²) < 4.78 is 5.43. The Balaban J connectivity index is 1.58. The van der Waals surface area contributed by atoms with Gasteiger partial charge in [-0.2, -0.15) is 0 Å². The molecule has 2 aliphatic heterocycles. The molecule has 0 bridgehead atoms. The summed E-state index contributed by atoms with van der Waals surface area (Å²) in [4.78, 5) is 17.3. The van der Waals surface area contributed by atoms with Gasteiger partial charge in [-0.1, -0.05) is 37.3 Å². The number of rotatable bonds is 3. The number of hydrogen-bond acceptors (Lipinski definition) is 3. The molecule has 2 aromatic rings. The average Bonchev–Trinajstić information content (AvgIpc) is 3.15. The molecular weight excluding hydrogens is 338 g/mol. The van der Waals surface area contributed by atoms with Gasteiger partial charge in [-0.25, -0.2) is 4.79 Å². The Morgan fingerprint density at radius 2 is 2.00 bits per heavy atom. The smallest absolute Gasteiger partial charge is 0.319 e. The third kappa shape index (κ3) is 2.73. The summed E-state index contributed by atoms with van der Waals surface area (Å²) in [7, 11) is 3.77. The van der Waals surface area contributed by atoms with Crippen LogP contribution in [0.3, 0.4) is 0 Å². The number of ether oxygens (including phenoxy) is 1. The minimum absolute atomic E-state index is 0.00769. The fourth-order valence-electron chi connectivity index (χ4n) is 4.70. The summed E-state index contributed by atoms with van der Waals surface area (Å²) >= 11 is 0. The van der Waals surface area contributed by atoms with E-state index in [0.29, 0.717) is 0 Å². The van der Waals surface area contributed by atoms with Gasteiger partial charge < -0.3 is 19.9 Å². The van der Waals surface area contributed by atoms with Crippen molar-refractivity contribution in [3.05, 3.63) is 59.7 Å². The average molecular weight is 365 g/mol. The van der Waals surface area contributed by atoms with Gasteiger partial charge in [-0.3, -0.25) is 0 Å². The van der Waals surface area contributed by atoms with Gasteiger partial charge in [0.2, 0.25) is 0 Å². The summed E-state index contributed by atoms with van der Waals surface area (Å²) in [5.41, 5.74) is 3.46. The second-order valence-electron chi connectivity index (χ2n) is 7.81. The molecule has 5 heteroatoms. The molecule has 1 N–H and O–H groups in total. The summed E-state index contributed by atoms with van der Waals surface area (Å²) in [6.07, 6.45) is 0.956. The Morgan fingerprint density at radius 3 is 2.70 bits per heavy atom. The van der Waals surface area contributed by atoms with Crippen molar-refractivity contribution in [1.82, 2.24) is 10.2 Å². The number of nitrogens with zero attached hydrogens (tertiary/aromatic N) is 2. The number of benzene rings is 2. The first-order valence-corrected chi connectivity index (χ1v) is 9.49. The number of likely N-dealkylation sites (N-methyl/N-ethyl adjacent to an activating group) is 1. The van der Waals surface area contributed by atoms with Crippen LogP contribution in [0.4, 0.5) is 10.5 Å². The first-order valence-electron chi connectivity index (χ1n) is 9.49. The molecule has 4 rings (SSSR count). The molecule has 0 saturated carbocycles. The lowest BCUT2D eigenvalue weighted by Crippen LogP contribution is -2.52.